The van der Waals surface area contributed by atoms with Crippen LogP contribution in [-0.4, -0.2) is 43.7 Å². The average molecular weight is 326 g/mol. The maximum Gasteiger partial charge on any atom is 0.254 e. The first-order chi connectivity index (χ1) is 11.3. The number of rotatable bonds is 3. The molecule has 1 fully saturated rings. The highest BCUT2D eigenvalue weighted by Crippen LogP contribution is 2.21. The van der Waals surface area contributed by atoms with Crippen molar-refractivity contribution in [3.63, 3.8) is 0 Å². The van der Waals surface area contributed by atoms with Gasteiger partial charge in [0.25, 0.3) is 5.91 Å². The number of nitrogens with zero attached hydrogens (tertiary/aromatic N) is 4. The Balaban J connectivity index is 1.45. The van der Waals surface area contributed by atoms with Crippen molar-refractivity contribution >= 4 is 28.7 Å². The Hall–Kier alpha value is -2.54. The van der Waals surface area contributed by atoms with Gasteiger partial charge in [-0.1, -0.05) is 0 Å². The van der Waals surface area contributed by atoms with Gasteiger partial charge in [0.1, 0.15) is 22.9 Å². The standard InChI is InChI=1S/C16H14N4O2S/c21-16(11-1-2-14-15(9-11)19-23-18-14)20-8-5-13(10-20)22-12-3-6-17-7-4-12/h1-4,6-7,9,13H,5,8,10H2/t13-/m1/s1. The maximum atomic E-state index is 12.6. The third-order valence-electron chi connectivity index (χ3n) is 3.89. The van der Waals surface area contributed by atoms with Crippen LogP contribution in [0.1, 0.15) is 16.8 Å². The van der Waals surface area contributed by atoms with Crippen molar-refractivity contribution in [2.75, 3.05) is 13.1 Å². The van der Waals surface area contributed by atoms with Crippen LogP contribution >= 0.6 is 11.7 Å². The second-order valence-electron chi connectivity index (χ2n) is 5.43. The molecule has 0 aliphatic carbocycles. The Morgan fingerprint density at radius 1 is 1.17 bits per heavy atom. The molecule has 1 aromatic carbocycles. The molecule has 4 rings (SSSR count). The van der Waals surface area contributed by atoms with Gasteiger partial charge in [-0.15, -0.1) is 0 Å². The van der Waals surface area contributed by atoms with E-state index in [9.17, 15) is 4.79 Å². The highest BCUT2D eigenvalue weighted by atomic mass is 32.1. The van der Waals surface area contributed by atoms with E-state index >= 15 is 0 Å². The molecule has 116 valence electrons. The molecule has 0 radical (unpaired) electrons. The van der Waals surface area contributed by atoms with Crippen LogP contribution in [0.15, 0.2) is 42.7 Å². The van der Waals surface area contributed by atoms with Gasteiger partial charge < -0.3 is 9.64 Å². The van der Waals surface area contributed by atoms with E-state index in [4.69, 9.17) is 4.74 Å². The number of hydrogen-bond donors (Lipinski definition) is 0. The third-order valence-corrected chi connectivity index (χ3v) is 4.44. The van der Waals surface area contributed by atoms with Gasteiger partial charge in [-0.2, -0.15) is 8.75 Å². The molecule has 0 N–H and O–H groups in total. The lowest BCUT2D eigenvalue weighted by atomic mass is 10.2. The van der Waals surface area contributed by atoms with Crippen molar-refractivity contribution in [3.05, 3.63) is 48.3 Å². The molecule has 0 spiro atoms. The van der Waals surface area contributed by atoms with Crippen LogP contribution < -0.4 is 4.74 Å². The van der Waals surface area contributed by atoms with Crippen molar-refractivity contribution in [3.8, 4) is 5.75 Å². The van der Waals surface area contributed by atoms with Crippen LogP contribution in [0.5, 0.6) is 5.75 Å². The zero-order valence-corrected chi connectivity index (χ0v) is 13.1. The summed E-state index contributed by atoms with van der Waals surface area (Å²) in [7, 11) is 0. The second kappa shape index (κ2) is 5.92. The summed E-state index contributed by atoms with van der Waals surface area (Å²) in [5, 5.41) is 0. The topological polar surface area (TPSA) is 68.2 Å². The van der Waals surface area contributed by atoms with Crippen LogP contribution in [0.2, 0.25) is 0 Å². The summed E-state index contributed by atoms with van der Waals surface area (Å²) in [5.41, 5.74) is 2.24. The van der Waals surface area contributed by atoms with Crippen LogP contribution in [0, 0.1) is 0 Å². The molecule has 6 nitrogen and oxygen atoms in total. The largest absolute Gasteiger partial charge is 0.488 e. The molecule has 7 heteroatoms. The predicted octanol–water partition coefficient (Wildman–Crippen LogP) is 2.38. The number of aromatic nitrogens is 3. The molecule has 1 atom stereocenters. The van der Waals surface area contributed by atoms with E-state index < -0.39 is 0 Å². The summed E-state index contributed by atoms with van der Waals surface area (Å²) in [6, 6.07) is 9.11. The van der Waals surface area contributed by atoms with Crippen molar-refractivity contribution < 1.29 is 9.53 Å². The van der Waals surface area contributed by atoms with Gasteiger partial charge in [-0.25, -0.2) is 0 Å². The quantitative estimate of drug-likeness (QED) is 0.739. The summed E-state index contributed by atoms with van der Waals surface area (Å²) >= 11 is 1.16. The van der Waals surface area contributed by atoms with E-state index in [0.717, 1.165) is 34.9 Å². The molecular formula is C16H14N4O2S. The Morgan fingerprint density at radius 3 is 2.87 bits per heavy atom. The third kappa shape index (κ3) is 2.87. The van der Waals surface area contributed by atoms with Crippen molar-refractivity contribution in [1.82, 2.24) is 18.6 Å². The van der Waals surface area contributed by atoms with E-state index in [1.54, 1.807) is 18.5 Å². The Kier molecular flexibility index (Phi) is 3.63. The Bertz CT molecular complexity index is 836. The molecule has 1 aliphatic rings. The SMILES string of the molecule is O=C(c1ccc2nsnc2c1)N1CC[C@@H](Oc2ccncc2)C1. The summed E-state index contributed by atoms with van der Waals surface area (Å²) in [6.07, 6.45) is 4.24. The number of hydrogen-bond acceptors (Lipinski definition) is 6. The summed E-state index contributed by atoms with van der Waals surface area (Å²) in [6.45, 7) is 1.29. The van der Waals surface area contributed by atoms with Gasteiger partial charge in [0.2, 0.25) is 0 Å². The molecule has 0 saturated carbocycles. The first-order valence-electron chi connectivity index (χ1n) is 7.38. The highest BCUT2D eigenvalue weighted by molar-refractivity contribution is 7.00. The number of ether oxygens (including phenoxy) is 1. The van der Waals surface area contributed by atoms with Crippen molar-refractivity contribution in [1.29, 1.82) is 0 Å². The van der Waals surface area contributed by atoms with Crippen LogP contribution in [0.4, 0.5) is 0 Å². The highest BCUT2D eigenvalue weighted by Gasteiger charge is 2.28. The first kappa shape index (κ1) is 14.1. The molecule has 1 saturated heterocycles. The minimum Gasteiger partial charge on any atom is -0.488 e. The summed E-state index contributed by atoms with van der Waals surface area (Å²) in [4.78, 5) is 18.4. The Labute approximate surface area is 137 Å². The molecule has 1 aliphatic heterocycles. The van der Waals surface area contributed by atoms with Crippen LogP contribution in [0.25, 0.3) is 11.0 Å². The Morgan fingerprint density at radius 2 is 2.00 bits per heavy atom. The van der Waals surface area contributed by atoms with Gasteiger partial charge in [0, 0.05) is 30.9 Å². The van der Waals surface area contributed by atoms with Gasteiger partial charge >= 0.3 is 0 Å². The zero-order valence-electron chi connectivity index (χ0n) is 12.3. The number of fused-ring (bicyclic) bond motifs is 1. The van der Waals surface area contributed by atoms with E-state index in [1.807, 2.05) is 29.2 Å². The molecule has 23 heavy (non-hydrogen) atoms. The van der Waals surface area contributed by atoms with Crippen LogP contribution in [0.3, 0.4) is 0 Å². The second-order valence-corrected chi connectivity index (χ2v) is 5.96. The molecule has 3 heterocycles. The van der Waals surface area contributed by atoms with Crippen molar-refractivity contribution in [2.24, 2.45) is 0 Å². The molecule has 3 aromatic rings. The zero-order chi connectivity index (χ0) is 15.6. The minimum absolute atomic E-state index is 0.0146. The van der Waals surface area contributed by atoms with Gasteiger partial charge in [-0.3, -0.25) is 9.78 Å². The first-order valence-corrected chi connectivity index (χ1v) is 8.11. The molecule has 2 aromatic heterocycles. The maximum absolute atomic E-state index is 12.6. The average Bonchev–Trinajstić information content (AvgIpc) is 3.23. The molecular weight excluding hydrogens is 312 g/mol. The van der Waals surface area contributed by atoms with Gasteiger partial charge in [-0.05, 0) is 30.3 Å². The van der Waals surface area contributed by atoms with Crippen molar-refractivity contribution in [2.45, 2.75) is 12.5 Å². The predicted molar refractivity (Wildman–Crippen MR) is 86.6 cm³/mol. The number of benzene rings is 1. The number of amides is 1. The smallest absolute Gasteiger partial charge is 0.254 e. The molecule has 1 amide bonds. The van der Waals surface area contributed by atoms with Gasteiger partial charge in [0.05, 0.1) is 18.3 Å². The van der Waals surface area contributed by atoms with E-state index in [0.29, 0.717) is 18.7 Å². The van der Waals surface area contributed by atoms with E-state index in [1.165, 1.54) is 0 Å². The molecule has 0 unspecified atom stereocenters. The lowest BCUT2D eigenvalue weighted by Gasteiger charge is -2.17. The number of carbonyl (C=O) groups excluding carboxylic acids is 1. The molecule has 0 bridgehead atoms. The monoisotopic (exact) mass is 326 g/mol. The van der Waals surface area contributed by atoms with E-state index in [-0.39, 0.29) is 12.0 Å². The summed E-state index contributed by atoms with van der Waals surface area (Å²) in [5.74, 6) is 0.801. The van der Waals surface area contributed by atoms with Gasteiger partial charge in [0.15, 0.2) is 0 Å². The number of carbonyl (C=O) groups is 1. The fourth-order valence-corrected chi connectivity index (χ4v) is 3.23. The lowest BCUT2D eigenvalue weighted by Crippen LogP contribution is -2.30. The van der Waals surface area contributed by atoms with E-state index in [2.05, 4.69) is 13.7 Å². The fourth-order valence-electron chi connectivity index (χ4n) is 2.72. The number of pyridine rings is 1. The lowest BCUT2D eigenvalue weighted by molar-refractivity contribution is 0.0772. The summed E-state index contributed by atoms with van der Waals surface area (Å²) < 4.78 is 14.2. The number of likely N-dealkylation sites (tertiary alicyclic amines) is 1. The fraction of sp³-hybridized carbons (Fsp3) is 0.250. The minimum atomic E-state index is 0.0146. The normalized spacial score (nSPS) is 17.6. The van der Waals surface area contributed by atoms with Crippen LogP contribution in [-0.2, 0) is 0 Å².